The summed E-state index contributed by atoms with van der Waals surface area (Å²) in [6.07, 6.45) is 1.55. The fourth-order valence-electron chi connectivity index (χ4n) is 2.43. The quantitative estimate of drug-likeness (QED) is 0.748. The number of hydrogen-bond donors (Lipinski definition) is 0. The minimum absolute atomic E-state index is 0.0368. The zero-order chi connectivity index (χ0) is 12.8. The van der Waals surface area contributed by atoms with Gasteiger partial charge in [0.25, 0.3) is 0 Å². The fourth-order valence-corrected chi connectivity index (χ4v) is 2.43. The second-order valence-corrected chi connectivity index (χ2v) is 7.18. The lowest BCUT2D eigenvalue weighted by Gasteiger charge is -2.28. The molecule has 0 unspecified atom stereocenters. The molecule has 0 radical (unpaired) electrons. The molecule has 0 saturated carbocycles. The van der Waals surface area contributed by atoms with Crippen molar-refractivity contribution in [2.75, 3.05) is 0 Å². The summed E-state index contributed by atoms with van der Waals surface area (Å²) in [6, 6.07) is 1.98. The highest BCUT2D eigenvalue weighted by Gasteiger charge is 2.32. The molecule has 94 valence electrons. The predicted octanol–water partition coefficient (Wildman–Crippen LogP) is 3.08. The molecule has 1 aromatic heterocycles. The maximum Gasteiger partial charge on any atom is 0.181 e. The van der Waals surface area contributed by atoms with Crippen LogP contribution in [-0.2, 0) is 13.0 Å². The van der Waals surface area contributed by atoms with Crippen LogP contribution in [0.2, 0.25) is 0 Å². The number of carbonyl (C=O) groups is 1. The van der Waals surface area contributed by atoms with Crippen LogP contribution < -0.4 is 0 Å². The smallest absolute Gasteiger partial charge is 0.181 e. The average Bonchev–Trinajstić information content (AvgIpc) is 2.41. The van der Waals surface area contributed by atoms with Crippen LogP contribution in [0.4, 0.5) is 0 Å². The van der Waals surface area contributed by atoms with Crippen molar-refractivity contribution in [1.82, 2.24) is 9.78 Å². The normalized spacial score (nSPS) is 19.2. The Kier molecular flexibility index (Phi) is 2.68. The van der Waals surface area contributed by atoms with E-state index in [9.17, 15) is 4.79 Å². The summed E-state index contributed by atoms with van der Waals surface area (Å²) in [4.78, 5) is 12.0. The van der Waals surface area contributed by atoms with Crippen molar-refractivity contribution in [2.45, 2.75) is 54.0 Å². The Labute approximate surface area is 103 Å². The monoisotopic (exact) mass is 234 g/mol. The van der Waals surface area contributed by atoms with Gasteiger partial charge < -0.3 is 0 Å². The Bertz CT molecular complexity index is 449. The van der Waals surface area contributed by atoms with Crippen molar-refractivity contribution in [3.8, 4) is 0 Å². The number of hydrogen-bond acceptors (Lipinski definition) is 2. The van der Waals surface area contributed by atoms with Gasteiger partial charge in [0, 0.05) is 13.0 Å². The molecule has 0 N–H and O–H groups in total. The Hall–Kier alpha value is -1.12. The van der Waals surface area contributed by atoms with E-state index in [1.807, 2.05) is 10.7 Å². The summed E-state index contributed by atoms with van der Waals surface area (Å²) < 4.78 is 1.90. The summed E-state index contributed by atoms with van der Waals surface area (Å²) in [7, 11) is 0. The van der Waals surface area contributed by atoms with Gasteiger partial charge in [0.1, 0.15) is 5.69 Å². The van der Waals surface area contributed by atoms with Crippen LogP contribution in [0.25, 0.3) is 0 Å². The Morgan fingerprint density at radius 1 is 1.41 bits per heavy atom. The molecule has 2 heterocycles. The van der Waals surface area contributed by atoms with E-state index in [0.29, 0.717) is 6.42 Å². The van der Waals surface area contributed by atoms with E-state index in [0.717, 1.165) is 24.4 Å². The van der Waals surface area contributed by atoms with Crippen LogP contribution in [0, 0.1) is 10.8 Å². The van der Waals surface area contributed by atoms with E-state index in [-0.39, 0.29) is 16.6 Å². The number of carbonyl (C=O) groups excluding carboxylic acids is 1. The highest BCUT2D eigenvalue weighted by Crippen LogP contribution is 2.31. The summed E-state index contributed by atoms with van der Waals surface area (Å²) in [6.45, 7) is 11.7. The van der Waals surface area contributed by atoms with Crippen LogP contribution in [0.15, 0.2) is 6.07 Å². The maximum absolute atomic E-state index is 12.0. The lowest BCUT2D eigenvalue weighted by Crippen LogP contribution is -2.31. The molecule has 3 nitrogen and oxygen atoms in total. The molecule has 0 bridgehead atoms. The number of rotatable bonds is 1. The standard InChI is InChI=1S/C14H22N2O/c1-13(2,3)7-10-6-11-12(17)8-14(4,5)9-16(11)15-10/h6H,7-9H2,1-5H3. The highest BCUT2D eigenvalue weighted by atomic mass is 16.1. The second kappa shape index (κ2) is 3.69. The summed E-state index contributed by atoms with van der Waals surface area (Å²) in [5.41, 5.74) is 2.08. The molecule has 0 aliphatic carbocycles. The minimum Gasteiger partial charge on any atom is -0.292 e. The minimum atomic E-state index is 0.0368. The molecule has 1 aromatic rings. The van der Waals surface area contributed by atoms with E-state index in [4.69, 9.17) is 0 Å². The first kappa shape index (κ1) is 12.3. The SMILES string of the molecule is CC(C)(C)Cc1cc2n(n1)CC(C)(C)CC2=O. The van der Waals surface area contributed by atoms with Crippen molar-refractivity contribution in [3.63, 3.8) is 0 Å². The van der Waals surface area contributed by atoms with E-state index in [1.54, 1.807) is 0 Å². The Balaban J connectivity index is 2.30. The van der Waals surface area contributed by atoms with Gasteiger partial charge in [0.2, 0.25) is 0 Å². The van der Waals surface area contributed by atoms with Gasteiger partial charge in [-0.15, -0.1) is 0 Å². The van der Waals surface area contributed by atoms with Crippen molar-refractivity contribution in [3.05, 3.63) is 17.5 Å². The molecule has 17 heavy (non-hydrogen) atoms. The highest BCUT2D eigenvalue weighted by molar-refractivity contribution is 5.95. The van der Waals surface area contributed by atoms with E-state index in [2.05, 4.69) is 39.7 Å². The number of aromatic nitrogens is 2. The third-order valence-electron chi connectivity index (χ3n) is 3.04. The second-order valence-electron chi connectivity index (χ2n) is 7.18. The molecule has 1 aliphatic heterocycles. The summed E-state index contributed by atoms with van der Waals surface area (Å²) >= 11 is 0. The molecular formula is C14H22N2O. The number of Topliss-reactive ketones (excluding diaryl/α,β-unsaturated/α-hetero) is 1. The largest absolute Gasteiger partial charge is 0.292 e. The summed E-state index contributed by atoms with van der Waals surface area (Å²) in [5.74, 6) is 0.230. The molecule has 0 fully saturated rings. The van der Waals surface area contributed by atoms with Gasteiger partial charge in [-0.2, -0.15) is 5.10 Å². The predicted molar refractivity (Wildman–Crippen MR) is 68.1 cm³/mol. The molecule has 2 rings (SSSR count). The van der Waals surface area contributed by atoms with Crippen LogP contribution in [0.5, 0.6) is 0 Å². The fraction of sp³-hybridized carbons (Fsp3) is 0.714. The Morgan fingerprint density at radius 3 is 2.65 bits per heavy atom. The maximum atomic E-state index is 12.0. The lowest BCUT2D eigenvalue weighted by molar-refractivity contribution is 0.0860. The van der Waals surface area contributed by atoms with Crippen LogP contribution in [0.1, 0.15) is 57.2 Å². The topological polar surface area (TPSA) is 34.9 Å². The molecule has 3 heteroatoms. The molecule has 0 spiro atoms. The Morgan fingerprint density at radius 2 is 2.06 bits per heavy atom. The number of fused-ring (bicyclic) bond motifs is 1. The van der Waals surface area contributed by atoms with Crippen molar-refractivity contribution >= 4 is 5.78 Å². The van der Waals surface area contributed by atoms with Crippen molar-refractivity contribution < 1.29 is 4.79 Å². The lowest BCUT2D eigenvalue weighted by atomic mass is 9.84. The zero-order valence-corrected chi connectivity index (χ0v) is 11.5. The van der Waals surface area contributed by atoms with Gasteiger partial charge in [-0.25, -0.2) is 0 Å². The van der Waals surface area contributed by atoms with Gasteiger partial charge in [-0.3, -0.25) is 9.48 Å². The molecular weight excluding hydrogens is 212 g/mol. The first-order valence-electron chi connectivity index (χ1n) is 6.26. The number of nitrogens with zero attached hydrogens (tertiary/aromatic N) is 2. The van der Waals surface area contributed by atoms with E-state index >= 15 is 0 Å². The third kappa shape index (κ3) is 2.76. The molecule has 1 aliphatic rings. The zero-order valence-electron chi connectivity index (χ0n) is 11.5. The van der Waals surface area contributed by atoms with Crippen molar-refractivity contribution in [2.24, 2.45) is 10.8 Å². The van der Waals surface area contributed by atoms with E-state index in [1.165, 1.54) is 0 Å². The first-order valence-corrected chi connectivity index (χ1v) is 6.26. The molecule has 0 amide bonds. The van der Waals surface area contributed by atoms with Gasteiger partial charge in [-0.05, 0) is 23.3 Å². The van der Waals surface area contributed by atoms with E-state index < -0.39 is 0 Å². The van der Waals surface area contributed by atoms with Crippen LogP contribution in [0.3, 0.4) is 0 Å². The summed E-state index contributed by atoms with van der Waals surface area (Å²) in [5, 5.41) is 4.58. The van der Waals surface area contributed by atoms with Crippen molar-refractivity contribution in [1.29, 1.82) is 0 Å². The van der Waals surface area contributed by atoms with Gasteiger partial charge >= 0.3 is 0 Å². The third-order valence-corrected chi connectivity index (χ3v) is 3.04. The first-order chi connectivity index (χ1) is 7.66. The van der Waals surface area contributed by atoms with Crippen LogP contribution in [-0.4, -0.2) is 15.6 Å². The average molecular weight is 234 g/mol. The molecule has 0 atom stereocenters. The molecule has 0 aromatic carbocycles. The number of ketones is 1. The molecule has 0 saturated heterocycles. The van der Waals surface area contributed by atoms with Crippen LogP contribution >= 0.6 is 0 Å². The van der Waals surface area contributed by atoms with Gasteiger partial charge in [0.15, 0.2) is 5.78 Å². The van der Waals surface area contributed by atoms with Gasteiger partial charge in [0.05, 0.1) is 5.69 Å². The van der Waals surface area contributed by atoms with Gasteiger partial charge in [-0.1, -0.05) is 34.6 Å².